The molecule has 0 saturated heterocycles. The van der Waals surface area contributed by atoms with Crippen molar-refractivity contribution in [2.24, 2.45) is 11.7 Å². The van der Waals surface area contributed by atoms with Crippen molar-refractivity contribution >= 4 is 0 Å². The van der Waals surface area contributed by atoms with Crippen molar-refractivity contribution in [3.05, 3.63) is 18.2 Å². The number of hydrogen-bond acceptors (Lipinski definition) is 3. The van der Waals surface area contributed by atoms with Crippen LogP contribution >= 0.6 is 0 Å². The van der Waals surface area contributed by atoms with E-state index in [4.69, 9.17) is 5.73 Å². The summed E-state index contributed by atoms with van der Waals surface area (Å²) in [5.41, 5.74) is 5.76. The summed E-state index contributed by atoms with van der Waals surface area (Å²) < 4.78 is 0. The van der Waals surface area contributed by atoms with Gasteiger partial charge in [-0.1, -0.05) is 6.42 Å². The molecule has 1 aliphatic rings. The molecule has 1 aromatic rings. The zero-order chi connectivity index (χ0) is 10.7. The first kappa shape index (κ1) is 10.6. The van der Waals surface area contributed by atoms with Gasteiger partial charge in [-0.15, -0.1) is 0 Å². The molecule has 1 aliphatic carbocycles. The Morgan fingerprint density at radius 1 is 1.67 bits per heavy atom. The van der Waals surface area contributed by atoms with E-state index in [-0.39, 0.29) is 6.04 Å². The lowest BCUT2D eigenvalue weighted by atomic mass is 10.0. The van der Waals surface area contributed by atoms with E-state index in [1.807, 2.05) is 6.20 Å². The van der Waals surface area contributed by atoms with Gasteiger partial charge in [0, 0.05) is 18.4 Å². The van der Waals surface area contributed by atoms with Gasteiger partial charge < -0.3 is 16.0 Å². The molecule has 0 spiro atoms. The quantitative estimate of drug-likeness (QED) is 0.696. The Bertz CT molecular complexity index is 283. The van der Waals surface area contributed by atoms with Crippen molar-refractivity contribution in [1.82, 2.24) is 15.3 Å². The summed E-state index contributed by atoms with van der Waals surface area (Å²) in [5, 5.41) is 3.61. The standard InChI is InChI=1S/C11H20N4/c1-8(11-13-5-6-14-11)15-10-4-2-3-9(10)7-12/h5-6,8-10,15H,2-4,7,12H2,1H3,(H,13,14). The highest BCUT2D eigenvalue weighted by molar-refractivity contribution is 4.96. The molecule has 3 unspecified atom stereocenters. The van der Waals surface area contributed by atoms with Gasteiger partial charge in [0.15, 0.2) is 0 Å². The molecule has 0 amide bonds. The van der Waals surface area contributed by atoms with Crippen molar-refractivity contribution < 1.29 is 0 Å². The molecule has 4 nitrogen and oxygen atoms in total. The van der Waals surface area contributed by atoms with E-state index in [9.17, 15) is 0 Å². The van der Waals surface area contributed by atoms with Crippen LogP contribution in [0, 0.1) is 5.92 Å². The third-order valence-corrected chi connectivity index (χ3v) is 3.36. The Morgan fingerprint density at radius 2 is 2.53 bits per heavy atom. The summed E-state index contributed by atoms with van der Waals surface area (Å²) in [6.45, 7) is 2.94. The smallest absolute Gasteiger partial charge is 0.122 e. The third-order valence-electron chi connectivity index (χ3n) is 3.36. The van der Waals surface area contributed by atoms with Crippen LogP contribution in [0.1, 0.15) is 38.1 Å². The Balaban J connectivity index is 1.91. The number of H-pyrrole nitrogens is 1. The molecule has 3 atom stereocenters. The number of aromatic nitrogens is 2. The Labute approximate surface area is 90.7 Å². The molecule has 4 heteroatoms. The van der Waals surface area contributed by atoms with Gasteiger partial charge in [0.05, 0.1) is 6.04 Å². The van der Waals surface area contributed by atoms with Gasteiger partial charge in [-0.2, -0.15) is 0 Å². The van der Waals surface area contributed by atoms with E-state index >= 15 is 0 Å². The second kappa shape index (κ2) is 4.77. The minimum atomic E-state index is 0.289. The first-order valence-electron chi connectivity index (χ1n) is 5.76. The summed E-state index contributed by atoms with van der Waals surface area (Å²) in [6.07, 6.45) is 7.46. The molecule has 1 fully saturated rings. The average Bonchev–Trinajstić information content (AvgIpc) is 2.87. The van der Waals surface area contributed by atoms with E-state index in [2.05, 4.69) is 22.2 Å². The van der Waals surface area contributed by atoms with Crippen LogP contribution in [-0.2, 0) is 0 Å². The summed E-state index contributed by atoms with van der Waals surface area (Å²) in [6, 6.07) is 0.854. The topological polar surface area (TPSA) is 66.7 Å². The predicted molar refractivity (Wildman–Crippen MR) is 60.3 cm³/mol. The molecular weight excluding hydrogens is 188 g/mol. The Kier molecular flexibility index (Phi) is 3.38. The fourth-order valence-electron chi connectivity index (χ4n) is 2.45. The molecule has 0 aliphatic heterocycles. The molecule has 0 radical (unpaired) electrons. The highest BCUT2D eigenvalue weighted by Crippen LogP contribution is 2.26. The number of imidazole rings is 1. The van der Waals surface area contributed by atoms with Crippen molar-refractivity contribution in [3.8, 4) is 0 Å². The van der Waals surface area contributed by atoms with Gasteiger partial charge in [-0.05, 0) is 32.2 Å². The van der Waals surface area contributed by atoms with Gasteiger partial charge in [0.25, 0.3) is 0 Å². The van der Waals surface area contributed by atoms with E-state index in [0.29, 0.717) is 12.0 Å². The van der Waals surface area contributed by atoms with Crippen molar-refractivity contribution in [1.29, 1.82) is 0 Å². The Morgan fingerprint density at radius 3 is 3.20 bits per heavy atom. The third kappa shape index (κ3) is 2.38. The van der Waals surface area contributed by atoms with Crippen LogP contribution in [0.2, 0.25) is 0 Å². The van der Waals surface area contributed by atoms with Gasteiger partial charge >= 0.3 is 0 Å². The second-order valence-corrected chi connectivity index (χ2v) is 4.40. The van der Waals surface area contributed by atoms with Crippen LogP contribution in [0.3, 0.4) is 0 Å². The van der Waals surface area contributed by atoms with E-state index in [1.54, 1.807) is 6.20 Å². The monoisotopic (exact) mass is 208 g/mol. The summed E-state index contributed by atoms with van der Waals surface area (Å²) >= 11 is 0. The van der Waals surface area contributed by atoms with Crippen LogP contribution in [0.25, 0.3) is 0 Å². The lowest BCUT2D eigenvalue weighted by Crippen LogP contribution is -2.37. The molecule has 4 N–H and O–H groups in total. The number of rotatable bonds is 4. The first-order valence-corrected chi connectivity index (χ1v) is 5.76. The average molecular weight is 208 g/mol. The minimum absolute atomic E-state index is 0.289. The SMILES string of the molecule is CC(NC1CCCC1CN)c1ncc[nH]1. The zero-order valence-corrected chi connectivity index (χ0v) is 9.24. The van der Waals surface area contributed by atoms with Gasteiger partial charge in [0.2, 0.25) is 0 Å². The maximum Gasteiger partial charge on any atom is 0.122 e. The molecule has 0 bridgehead atoms. The van der Waals surface area contributed by atoms with Crippen molar-refractivity contribution in [3.63, 3.8) is 0 Å². The molecule has 1 saturated carbocycles. The molecule has 1 heterocycles. The molecule has 84 valence electrons. The van der Waals surface area contributed by atoms with Gasteiger partial charge in [-0.3, -0.25) is 0 Å². The molecule has 1 aromatic heterocycles. The number of nitrogens with one attached hydrogen (secondary N) is 2. The Hall–Kier alpha value is -0.870. The van der Waals surface area contributed by atoms with Gasteiger partial charge in [0.1, 0.15) is 5.82 Å². The normalized spacial score (nSPS) is 28.1. The van der Waals surface area contributed by atoms with E-state index in [1.165, 1.54) is 19.3 Å². The van der Waals surface area contributed by atoms with Crippen LogP contribution < -0.4 is 11.1 Å². The summed E-state index contributed by atoms with van der Waals surface area (Å²) in [4.78, 5) is 7.40. The second-order valence-electron chi connectivity index (χ2n) is 4.40. The number of aromatic amines is 1. The number of hydrogen-bond donors (Lipinski definition) is 3. The maximum atomic E-state index is 5.76. The van der Waals surface area contributed by atoms with Crippen molar-refractivity contribution in [2.45, 2.75) is 38.3 Å². The fraction of sp³-hybridized carbons (Fsp3) is 0.727. The maximum absolute atomic E-state index is 5.76. The van der Waals surface area contributed by atoms with Crippen LogP contribution in [-0.4, -0.2) is 22.6 Å². The number of nitrogens with zero attached hydrogens (tertiary/aromatic N) is 1. The summed E-state index contributed by atoms with van der Waals surface area (Å²) in [7, 11) is 0. The molecule has 2 rings (SSSR count). The summed E-state index contributed by atoms with van der Waals surface area (Å²) in [5.74, 6) is 1.65. The van der Waals surface area contributed by atoms with Crippen LogP contribution in [0.15, 0.2) is 12.4 Å². The van der Waals surface area contributed by atoms with Crippen molar-refractivity contribution in [2.75, 3.05) is 6.54 Å². The van der Waals surface area contributed by atoms with E-state index < -0.39 is 0 Å². The highest BCUT2D eigenvalue weighted by atomic mass is 15.0. The van der Waals surface area contributed by atoms with Gasteiger partial charge in [-0.25, -0.2) is 4.98 Å². The predicted octanol–water partition coefficient (Wildman–Crippen LogP) is 1.19. The number of nitrogens with two attached hydrogens (primary N) is 1. The molecule has 15 heavy (non-hydrogen) atoms. The minimum Gasteiger partial charge on any atom is -0.347 e. The first-order chi connectivity index (χ1) is 7.31. The van der Waals surface area contributed by atoms with Crippen LogP contribution in [0.5, 0.6) is 0 Å². The lowest BCUT2D eigenvalue weighted by Gasteiger charge is -2.23. The highest BCUT2D eigenvalue weighted by Gasteiger charge is 2.27. The zero-order valence-electron chi connectivity index (χ0n) is 9.24. The fourth-order valence-corrected chi connectivity index (χ4v) is 2.45. The van der Waals surface area contributed by atoms with E-state index in [0.717, 1.165) is 12.4 Å². The molecular formula is C11H20N4. The molecule has 0 aromatic carbocycles. The van der Waals surface area contributed by atoms with Crippen LogP contribution in [0.4, 0.5) is 0 Å². The largest absolute Gasteiger partial charge is 0.347 e. The lowest BCUT2D eigenvalue weighted by molar-refractivity contribution is 0.368.